The minimum absolute atomic E-state index is 0. The van der Waals surface area contributed by atoms with Gasteiger partial charge in [0.05, 0.1) is 16.9 Å². The van der Waals surface area contributed by atoms with Gasteiger partial charge in [-0.3, -0.25) is 4.98 Å². The minimum atomic E-state index is 0. The number of aromatic nitrogens is 4. The Balaban J connectivity index is 0.00000384. The van der Waals surface area contributed by atoms with Gasteiger partial charge in [-0.05, 0) is 82.0 Å². The van der Waals surface area contributed by atoms with Gasteiger partial charge in [-0.1, -0.05) is 142 Å². The van der Waals surface area contributed by atoms with Crippen LogP contribution in [0.4, 0.5) is 0 Å². The molecule has 0 saturated carbocycles. The van der Waals surface area contributed by atoms with E-state index in [-0.39, 0.29) is 20.1 Å². The van der Waals surface area contributed by atoms with Gasteiger partial charge in [-0.15, -0.1) is 12.1 Å². The maximum Gasteiger partial charge on any atom is 0.0774 e. The smallest absolute Gasteiger partial charge is 0.0774 e. The second-order valence-electron chi connectivity index (χ2n) is 14.7. The summed E-state index contributed by atoms with van der Waals surface area (Å²) in [6.45, 7) is 9.17. The number of fused-ring (bicyclic) bond motifs is 7. The Kier molecular flexibility index (Phi) is 8.38. The van der Waals surface area contributed by atoms with E-state index in [0.29, 0.717) is 11.8 Å². The molecular formula is C49H39IrN4-. The molecule has 7 aromatic carbocycles. The van der Waals surface area contributed by atoms with E-state index in [4.69, 9.17) is 4.98 Å². The summed E-state index contributed by atoms with van der Waals surface area (Å²) >= 11 is 0. The van der Waals surface area contributed by atoms with Crippen LogP contribution in [0.5, 0.6) is 0 Å². The van der Waals surface area contributed by atoms with Crippen LogP contribution in [0.25, 0.3) is 83.1 Å². The van der Waals surface area contributed by atoms with E-state index in [1.165, 1.54) is 49.4 Å². The molecule has 0 atom stereocenters. The van der Waals surface area contributed by atoms with Crippen molar-refractivity contribution in [3.05, 3.63) is 169 Å². The quantitative estimate of drug-likeness (QED) is 0.153. The van der Waals surface area contributed by atoms with Crippen LogP contribution in [0.2, 0.25) is 0 Å². The van der Waals surface area contributed by atoms with E-state index in [9.17, 15) is 0 Å². The summed E-state index contributed by atoms with van der Waals surface area (Å²) in [7, 11) is 0. The number of rotatable bonds is 6. The third-order valence-electron chi connectivity index (χ3n) is 10.9. The van der Waals surface area contributed by atoms with Crippen molar-refractivity contribution in [2.75, 3.05) is 0 Å². The number of hydrogen-bond acceptors (Lipinski definition) is 1. The van der Waals surface area contributed by atoms with Crippen molar-refractivity contribution >= 4 is 54.6 Å². The molecule has 10 rings (SSSR count). The fraction of sp³-hybridized carbons (Fsp3) is 0.122. The van der Waals surface area contributed by atoms with Crippen LogP contribution >= 0.6 is 0 Å². The summed E-state index contributed by atoms with van der Waals surface area (Å²) in [6, 6.07) is 58.6. The minimum Gasteiger partial charge on any atom is -0.351 e. The molecule has 0 aliphatic carbocycles. The van der Waals surface area contributed by atoms with E-state index in [2.05, 4.69) is 199 Å². The third-order valence-corrected chi connectivity index (χ3v) is 10.9. The molecule has 0 N–H and O–H groups in total. The van der Waals surface area contributed by atoms with Gasteiger partial charge >= 0.3 is 0 Å². The fourth-order valence-corrected chi connectivity index (χ4v) is 8.58. The maximum absolute atomic E-state index is 5.52. The average Bonchev–Trinajstić information content (AvgIpc) is 3.86. The molecule has 0 unspecified atom stereocenters. The van der Waals surface area contributed by atoms with Crippen LogP contribution in [0, 0.1) is 6.07 Å². The van der Waals surface area contributed by atoms with Gasteiger partial charge in [0.15, 0.2) is 0 Å². The molecular weight excluding hydrogens is 837 g/mol. The van der Waals surface area contributed by atoms with E-state index in [1.54, 1.807) is 0 Å². The molecule has 0 fully saturated rings. The molecule has 0 bridgehead atoms. The second kappa shape index (κ2) is 13.3. The summed E-state index contributed by atoms with van der Waals surface area (Å²) in [5.41, 5.74) is 13.6. The van der Waals surface area contributed by atoms with Crippen LogP contribution in [0.3, 0.4) is 0 Å². The van der Waals surface area contributed by atoms with Gasteiger partial charge in [0.25, 0.3) is 0 Å². The van der Waals surface area contributed by atoms with Crippen molar-refractivity contribution in [3.63, 3.8) is 0 Å². The van der Waals surface area contributed by atoms with Crippen molar-refractivity contribution in [2.45, 2.75) is 39.5 Å². The Morgan fingerprint density at radius 3 is 1.63 bits per heavy atom. The molecule has 5 heteroatoms. The Bertz CT molecular complexity index is 2930. The molecule has 0 aliphatic rings. The van der Waals surface area contributed by atoms with Crippen LogP contribution in [0.1, 0.15) is 50.7 Å². The monoisotopic (exact) mass is 876 g/mol. The van der Waals surface area contributed by atoms with Crippen molar-refractivity contribution < 1.29 is 20.1 Å². The zero-order chi connectivity index (χ0) is 35.8. The number of nitrogens with zero attached hydrogens (tertiary/aromatic N) is 4. The summed E-state index contributed by atoms with van der Waals surface area (Å²) in [5.74, 6) is 1.52. The summed E-state index contributed by atoms with van der Waals surface area (Å²) in [4.78, 5) is 5.52. The Morgan fingerprint density at radius 2 is 1.02 bits per heavy atom. The Morgan fingerprint density at radius 1 is 0.500 bits per heavy atom. The molecule has 0 amide bonds. The van der Waals surface area contributed by atoms with Crippen LogP contribution in [0.15, 0.2) is 152 Å². The van der Waals surface area contributed by atoms with Gasteiger partial charge in [0, 0.05) is 58.8 Å². The predicted octanol–water partition coefficient (Wildman–Crippen LogP) is 12.9. The molecule has 4 nitrogen and oxygen atoms in total. The van der Waals surface area contributed by atoms with Gasteiger partial charge in [0.2, 0.25) is 0 Å². The molecule has 0 spiro atoms. The zero-order valence-electron chi connectivity index (χ0n) is 30.7. The molecule has 0 saturated heterocycles. The van der Waals surface area contributed by atoms with E-state index in [1.807, 2.05) is 0 Å². The van der Waals surface area contributed by atoms with E-state index < -0.39 is 0 Å². The molecule has 0 aliphatic heterocycles. The number of imidazole rings is 1. The first-order chi connectivity index (χ1) is 26.0. The van der Waals surface area contributed by atoms with Crippen molar-refractivity contribution in [2.24, 2.45) is 0 Å². The SMILES string of the molecule is CC(C)c1cccc(C(C)C)c1-n1c(-c2[c-]cc(-n3c4ccccc4c4ccccc43)c3c4ccccc4n(-c4ccccc4)c23)nc2ccccc21.[Ir]. The first-order valence-corrected chi connectivity index (χ1v) is 18.6. The topological polar surface area (TPSA) is 27.7 Å². The number of benzene rings is 7. The molecule has 3 heterocycles. The van der Waals surface area contributed by atoms with Gasteiger partial charge in [-0.25, -0.2) is 0 Å². The maximum atomic E-state index is 5.52. The van der Waals surface area contributed by atoms with E-state index >= 15 is 0 Å². The summed E-state index contributed by atoms with van der Waals surface area (Å²) < 4.78 is 7.29. The largest absolute Gasteiger partial charge is 0.351 e. The van der Waals surface area contributed by atoms with Crippen molar-refractivity contribution in [1.29, 1.82) is 0 Å². The number of para-hydroxylation sites is 7. The van der Waals surface area contributed by atoms with Crippen molar-refractivity contribution in [1.82, 2.24) is 18.7 Å². The van der Waals surface area contributed by atoms with Gasteiger partial charge in [-0.2, -0.15) is 0 Å². The summed E-state index contributed by atoms with van der Waals surface area (Å²) in [6.07, 6.45) is 0. The first-order valence-electron chi connectivity index (χ1n) is 18.6. The van der Waals surface area contributed by atoms with Gasteiger partial charge < -0.3 is 13.7 Å². The number of hydrogen-bond donors (Lipinski definition) is 0. The third kappa shape index (κ3) is 5.03. The van der Waals surface area contributed by atoms with Crippen LogP contribution < -0.4 is 0 Å². The zero-order valence-corrected chi connectivity index (χ0v) is 33.1. The average molecular weight is 876 g/mol. The van der Waals surface area contributed by atoms with Crippen LogP contribution in [-0.4, -0.2) is 18.7 Å². The summed E-state index contributed by atoms with van der Waals surface area (Å²) in [5, 5.41) is 4.83. The molecule has 54 heavy (non-hydrogen) atoms. The first kappa shape index (κ1) is 34.1. The van der Waals surface area contributed by atoms with Crippen LogP contribution in [-0.2, 0) is 20.1 Å². The predicted molar refractivity (Wildman–Crippen MR) is 222 cm³/mol. The Hall–Kier alpha value is -5.74. The van der Waals surface area contributed by atoms with Crippen molar-refractivity contribution in [3.8, 4) is 28.5 Å². The standard InChI is InChI=1S/C49H39N4.Ir/c1-31(2)34-22-16-23-35(32(3)4)47(34)53-44-28-15-11-24-40(44)50-49(53)39-29-30-45(52-41-25-12-8-19-36(41)37-20-9-13-26-42(37)52)46-38-21-10-14-27-43(38)51(48(39)46)33-17-6-5-7-18-33;/h5-28,30-32H,1-4H3;/q-1;. The molecule has 1 radical (unpaired) electrons. The normalized spacial score (nSPS) is 11.9. The molecule has 3 aromatic heterocycles. The Labute approximate surface area is 328 Å². The van der Waals surface area contributed by atoms with E-state index in [0.717, 1.165) is 44.8 Å². The molecule has 265 valence electrons. The van der Waals surface area contributed by atoms with Gasteiger partial charge in [0.1, 0.15) is 0 Å². The fourth-order valence-electron chi connectivity index (χ4n) is 8.58. The molecule has 10 aromatic rings. The second-order valence-corrected chi connectivity index (χ2v) is 14.7.